The maximum absolute atomic E-state index is 14.0. The van der Waals surface area contributed by atoms with Crippen LogP contribution in [-0.4, -0.2) is 41.5 Å². The van der Waals surface area contributed by atoms with Gasteiger partial charge in [-0.1, -0.05) is 57.2 Å². The molecule has 9 heteroatoms. The van der Waals surface area contributed by atoms with Crippen LogP contribution in [0, 0.1) is 11.7 Å². The third kappa shape index (κ3) is 5.62. The summed E-state index contributed by atoms with van der Waals surface area (Å²) in [6.07, 6.45) is 2.37. The number of hydrogen-bond donors (Lipinski definition) is 1. The van der Waals surface area contributed by atoms with Crippen LogP contribution in [0.2, 0.25) is 0 Å². The van der Waals surface area contributed by atoms with E-state index in [4.69, 9.17) is 0 Å². The Morgan fingerprint density at radius 3 is 2.34 bits per heavy atom. The highest BCUT2D eigenvalue weighted by Crippen LogP contribution is 2.27. The maximum atomic E-state index is 14.0. The molecule has 1 N–H and O–H groups in total. The van der Waals surface area contributed by atoms with E-state index in [2.05, 4.69) is 55.5 Å². The van der Waals surface area contributed by atoms with Crippen LogP contribution in [0.15, 0.2) is 65.7 Å². The van der Waals surface area contributed by atoms with Gasteiger partial charge in [-0.25, -0.2) is 17.5 Å². The second-order valence-electron chi connectivity index (χ2n) is 9.92. The van der Waals surface area contributed by atoms with Crippen LogP contribution < -0.4 is 5.32 Å². The minimum Gasteiger partial charge on any atom is -0.311 e. The van der Waals surface area contributed by atoms with Crippen LogP contribution in [0.3, 0.4) is 0 Å². The van der Waals surface area contributed by atoms with Crippen LogP contribution >= 0.6 is 0 Å². The second kappa shape index (κ2) is 9.91. The van der Waals surface area contributed by atoms with Crippen molar-refractivity contribution in [3.63, 3.8) is 0 Å². The average molecular weight is 499 g/mol. The summed E-state index contributed by atoms with van der Waals surface area (Å²) in [6, 6.07) is 15.5. The number of nitrogens with one attached hydrogen (secondary N) is 1. The Morgan fingerprint density at radius 2 is 1.71 bits per heavy atom. The number of aromatic nitrogens is 2. The molecule has 1 amide bonds. The monoisotopic (exact) mass is 498 g/mol. The molecule has 1 aliphatic rings. The summed E-state index contributed by atoms with van der Waals surface area (Å²) in [5.41, 5.74) is 2.40. The third-order valence-corrected chi connectivity index (χ3v) is 8.33. The van der Waals surface area contributed by atoms with Crippen LogP contribution in [-0.2, 0) is 26.8 Å². The van der Waals surface area contributed by atoms with Crippen molar-refractivity contribution < 1.29 is 17.6 Å². The fourth-order valence-corrected chi connectivity index (χ4v) is 5.76. The van der Waals surface area contributed by atoms with E-state index in [-0.39, 0.29) is 35.2 Å². The number of piperidine rings is 1. The average Bonchev–Trinajstić information content (AvgIpc) is 3.25. The molecular weight excluding hydrogens is 467 g/mol. The van der Waals surface area contributed by atoms with Crippen molar-refractivity contribution in [1.82, 2.24) is 14.1 Å². The fourth-order valence-electron chi connectivity index (χ4n) is 4.23. The SMILES string of the molecule is CC(C)(C)c1ccc(Cn2nccc2NC(=O)C2CCN(S(=O)(=O)c3ccccc3F)CC2)cc1. The van der Waals surface area contributed by atoms with Crippen LogP contribution in [0.25, 0.3) is 0 Å². The van der Waals surface area contributed by atoms with E-state index >= 15 is 0 Å². The molecule has 35 heavy (non-hydrogen) atoms. The minimum absolute atomic E-state index is 0.0769. The number of halogens is 1. The van der Waals surface area contributed by atoms with Gasteiger partial charge < -0.3 is 5.32 Å². The standard InChI is InChI=1S/C26H31FN4O3S/c1-26(2,3)21-10-8-19(9-11-21)18-31-24(12-15-28-31)29-25(32)20-13-16-30(17-14-20)35(33,34)23-7-5-4-6-22(23)27/h4-12,15,20H,13-14,16-18H2,1-3H3,(H,29,32). The number of benzene rings is 2. The molecule has 1 fully saturated rings. The summed E-state index contributed by atoms with van der Waals surface area (Å²) in [5, 5.41) is 7.29. The first-order valence-electron chi connectivity index (χ1n) is 11.7. The van der Waals surface area contributed by atoms with E-state index in [9.17, 15) is 17.6 Å². The minimum atomic E-state index is -3.93. The quantitative estimate of drug-likeness (QED) is 0.546. The zero-order valence-electron chi connectivity index (χ0n) is 20.2. The Morgan fingerprint density at radius 1 is 1.06 bits per heavy atom. The van der Waals surface area contributed by atoms with E-state index in [1.54, 1.807) is 16.9 Å². The molecule has 0 bridgehead atoms. The van der Waals surface area contributed by atoms with Crippen LogP contribution in [0.1, 0.15) is 44.7 Å². The Bertz CT molecular complexity index is 1290. The molecule has 2 heterocycles. The van der Waals surface area contributed by atoms with E-state index in [1.165, 1.54) is 28.1 Å². The highest BCUT2D eigenvalue weighted by Gasteiger charge is 2.33. The van der Waals surface area contributed by atoms with Crippen molar-refractivity contribution >= 4 is 21.7 Å². The Labute approximate surface area is 206 Å². The van der Waals surface area contributed by atoms with Crippen LogP contribution in [0.5, 0.6) is 0 Å². The largest absolute Gasteiger partial charge is 0.311 e. The zero-order chi connectivity index (χ0) is 25.2. The van der Waals surface area contributed by atoms with Crippen molar-refractivity contribution in [3.05, 3.63) is 77.7 Å². The molecule has 0 radical (unpaired) electrons. The number of carbonyl (C=O) groups excluding carboxylic acids is 1. The fraction of sp³-hybridized carbons (Fsp3) is 0.385. The number of rotatable bonds is 6. The Hall–Kier alpha value is -3.04. The van der Waals surface area contributed by atoms with Gasteiger partial charge >= 0.3 is 0 Å². The molecular formula is C26H31FN4O3S. The van der Waals surface area contributed by atoms with Crippen molar-refractivity contribution in [2.45, 2.75) is 50.5 Å². The first kappa shape index (κ1) is 25.1. The number of anilines is 1. The van der Waals surface area contributed by atoms with Crippen molar-refractivity contribution in [3.8, 4) is 0 Å². The Balaban J connectivity index is 1.36. The predicted molar refractivity (Wildman–Crippen MR) is 133 cm³/mol. The molecule has 186 valence electrons. The summed E-state index contributed by atoms with van der Waals surface area (Å²) in [7, 11) is -3.93. The van der Waals surface area contributed by atoms with E-state index in [0.29, 0.717) is 25.2 Å². The third-order valence-electron chi connectivity index (χ3n) is 6.40. The molecule has 2 aromatic carbocycles. The van der Waals surface area contributed by atoms with Gasteiger partial charge in [-0.2, -0.15) is 9.40 Å². The van der Waals surface area contributed by atoms with Gasteiger partial charge in [0, 0.05) is 25.1 Å². The zero-order valence-corrected chi connectivity index (χ0v) is 21.1. The maximum Gasteiger partial charge on any atom is 0.245 e. The Kier molecular flexibility index (Phi) is 7.10. The molecule has 4 rings (SSSR count). The molecule has 7 nitrogen and oxygen atoms in total. The highest BCUT2D eigenvalue weighted by atomic mass is 32.2. The summed E-state index contributed by atoms with van der Waals surface area (Å²) in [4.78, 5) is 12.6. The second-order valence-corrected chi connectivity index (χ2v) is 11.8. The van der Waals surface area contributed by atoms with Gasteiger partial charge in [-0.3, -0.25) is 4.79 Å². The van der Waals surface area contributed by atoms with E-state index < -0.39 is 15.8 Å². The number of amides is 1. The number of sulfonamides is 1. The van der Waals surface area contributed by atoms with Gasteiger partial charge in [-0.15, -0.1) is 0 Å². The van der Waals surface area contributed by atoms with Crippen LogP contribution in [0.4, 0.5) is 10.2 Å². The molecule has 3 aromatic rings. The molecule has 1 aliphatic heterocycles. The summed E-state index contributed by atoms with van der Waals surface area (Å²) >= 11 is 0. The summed E-state index contributed by atoms with van der Waals surface area (Å²) in [6.45, 7) is 7.35. The number of hydrogen-bond acceptors (Lipinski definition) is 4. The topological polar surface area (TPSA) is 84.3 Å². The summed E-state index contributed by atoms with van der Waals surface area (Å²) in [5.74, 6) is -0.681. The molecule has 1 saturated heterocycles. The smallest absolute Gasteiger partial charge is 0.245 e. The van der Waals surface area contributed by atoms with Gasteiger partial charge in [0.25, 0.3) is 0 Å². The molecule has 1 aromatic heterocycles. The number of nitrogens with zero attached hydrogens (tertiary/aromatic N) is 3. The molecule has 0 saturated carbocycles. The molecule has 0 spiro atoms. The lowest BCUT2D eigenvalue weighted by molar-refractivity contribution is -0.121. The van der Waals surface area contributed by atoms with Gasteiger partial charge in [0.15, 0.2) is 0 Å². The first-order valence-corrected chi connectivity index (χ1v) is 13.2. The van der Waals surface area contributed by atoms with Gasteiger partial charge in [0.2, 0.25) is 15.9 Å². The van der Waals surface area contributed by atoms with Gasteiger partial charge in [0.1, 0.15) is 16.5 Å². The van der Waals surface area contributed by atoms with Gasteiger partial charge in [0.05, 0.1) is 12.7 Å². The lowest BCUT2D eigenvalue weighted by Crippen LogP contribution is -2.41. The van der Waals surface area contributed by atoms with Gasteiger partial charge in [-0.05, 0) is 41.5 Å². The summed E-state index contributed by atoms with van der Waals surface area (Å²) < 4.78 is 42.7. The van der Waals surface area contributed by atoms with E-state index in [0.717, 1.165) is 11.6 Å². The molecule has 0 atom stereocenters. The lowest BCUT2D eigenvalue weighted by Gasteiger charge is -2.30. The molecule has 0 unspecified atom stereocenters. The van der Waals surface area contributed by atoms with E-state index in [1.807, 2.05) is 0 Å². The highest BCUT2D eigenvalue weighted by molar-refractivity contribution is 7.89. The first-order chi connectivity index (χ1) is 16.6. The lowest BCUT2D eigenvalue weighted by atomic mass is 9.87. The predicted octanol–water partition coefficient (Wildman–Crippen LogP) is 4.41. The van der Waals surface area contributed by atoms with Crippen molar-refractivity contribution in [1.29, 1.82) is 0 Å². The number of carbonyl (C=O) groups is 1. The van der Waals surface area contributed by atoms with Crippen molar-refractivity contribution in [2.75, 3.05) is 18.4 Å². The van der Waals surface area contributed by atoms with Crippen molar-refractivity contribution in [2.24, 2.45) is 5.92 Å². The molecule has 0 aliphatic carbocycles. The normalized spacial score (nSPS) is 15.8.